The predicted octanol–water partition coefficient (Wildman–Crippen LogP) is 5.73. The third-order valence-corrected chi connectivity index (χ3v) is 6.65. The van der Waals surface area contributed by atoms with Gasteiger partial charge in [-0.1, -0.05) is 62.0 Å². The van der Waals surface area contributed by atoms with E-state index in [9.17, 15) is 0 Å². The van der Waals surface area contributed by atoms with E-state index in [2.05, 4.69) is 84.3 Å². The van der Waals surface area contributed by atoms with Gasteiger partial charge in [-0.2, -0.15) is 0 Å². The Bertz CT molecular complexity index is 1100. The molecule has 3 heterocycles. The normalized spacial score (nSPS) is 13.1. The smallest absolute Gasteiger partial charge is 0.149 e. The zero-order valence-corrected chi connectivity index (χ0v) is 17.6. The Hall–Kier alpha value is -2.63. The van der Waals surface area contributed by atoms with Gasteiger partial charge in [0.2, 0.25) is 0 Å². The number of fused-ring (bicyclic) bond motifs is 4. The number of hydrogen-bond acceptors (Lipinski definition) is 5. The number of hydrogen-bond donors (Lipinski definition) is 0. The summed E-state index contributed by atoms with van der Waals surface area (Å²) in [5.41, 5.74) is 2.06. The molecule has 0 radical (unpaired) electrons. The Morgan fingerprint density at radius 2 is 1.31 bits per heavy atom. The summed E-state index contributed by atoms with van der Waals surface area (Å²) in [6.45, 7) is 8.40. The molecule has 1 aliphatic rings. The first-order chi connectivity index (χ1) is 14.3. The molecule has 0 saturated carbocycles. The molecule has 2 aromatic heterocycles. The third-order valence-electron chi connectivity index (χ3n) is 5.61. The topological polar surface area (TPSA) is 32.3 Å². The van der Waals surface area contributed by atoms with Gasteiger partial charge in [-0.15, -0.1) is 0 Å². The van der Waals surface area contributed by atoms with Gasteiger partial charge in [0.1, 0.15) is 11.6 Å². The van der Waals surface area contributed by atoms with Crippen molar-refractivity contribution in [3.63, 3.8) is 0 Å². The Balaban J connectivity index is 1.65. The minimum absolute atomic E-state index is 0.874. The Morgan fingerprint density at radius 3 is 1.83 bits per heavy atom. The van der Waals surface area contributed by atoms with Crippen molar-refractivity contribution in [1.29, 1.82) is 0 Å². The van der Waals surface area contributed by atoms with Crippen LogP contribution in [0.2, 0.25) is 0 Å². The molecule has 0 atom stereocenters. The van der Waals surface area contributed by atoms with E-state index >= 15 is 0 Å². The molecule has 4 aromatic rings. The van der Waals surface area contributed by atoms with Gasteiger partial charge in [-0.05, 0) is 37.4 Å². The Labute approximate surface area is 175 Å². The lowest BCUT2D eigenvalue weighted by molar-refractivity contribution is 0.311. The molecule has 0 unspecified atom stereocenters. The first-order valence-electron chi connectivity index (χ1n) is 10.2. The van der Waals surface area contributed by atoms with Gasteiger partial charge in [0.25, 0.3) is 0 Å². The van der Waals surface area contributed by atoms with E-state index in [1.54, 1.807) is 11.8 Å². The summed E-state index contributed by atoms with van der Waals surface area (Å²) in [7, 11) is 0. The fourth-order valence-corrected chi connectivity index (χ4v) is 5.02. The molecule has 1 aliphatic heterocycles. The van der Waals surface area contributed by atoms with E-state index in [4.69, 9.17) is 9.97 Å². The van der Waals surface area contributed by atoms with Crippen molar-refractivity contribution in [2.45, 2.75) is 23.6 Å². The van der Waals surface area contributed by atoms with Crippen molar-refractivity contribution in [3.05, 3.63) is 60.7 Å². The van der Waals surface area contributed by atoms with Crippen LogP contribution in [0.1, 0.15) is 13.8 Å². The Kier molecular flexibility index (Phi) is 4.86. The lowest BCUT2D eigenvalue weighted by Crippen LogP contribution is -2.34. The molecule has 5 rings (SSSR count). The molecule has 0 saturated heterocycles. The zero-order chi connectivity index (χ0) is 19.8. The summed E-state index contributed by atoms with van der Waals surface area (Å²) in [6, 6.07) is 21.2. The molecule has 0 aliphatic carbocycles. The fraction of sp³-hybridized carbons (Fsp3) is 0.250. The molecule has 29 heavy (non-hydrogen) atoms. The number of nitrogens with zero attached hydrogens (tertiary/aromatic N) is 4. The molecule has 0 bridgehead atoms. The highest BCUT2D eigenvalue weighted by Gasteiger charge is 2.27. The molecular weight excluding hydrogens is 376 g/mol. The van der Waals surface area contributed by atoms with Crippen LogP contribution in [0.25, 0.3) is 21.8 Å². The number of aromatic nitrogens is 2. The maximum Gasteiger partial charge on any atom is 0.149 e. The predicted molar refractivity (Wildman–Crippen MR) is 122 cm³/mol. The minimum atomic E-state index is 0.874. The van der Waals surface area contributed by atoms with Gasteiger partial charge in [0.15, 0.2) is 0 Å². The maximum atomic E-state index is 5.05. The second kappa shape index (κ2) is 7.65. The van der Waals surface area contributed by atoms with Gasteiger partial charge in [0, 0.05) is 23.9 Å². The van der Waals surface area contributed by atoms with Crippen molar-refractivity contribution in [3.8, 4) is 0 Å². The first kappa shape index (κ1) is 18.4. The molecule has 0 N–H and O–H groups in total. The van der Waals surface area contributed by atoms with Crippen molar-refractivity contribution in [2.24, 2.45) is 0 Å². The maximum absolute atomic E-state index is 5.05. The zero-order valence-electron chi connectivity index (χ0n) is 16.8. The van der Waals surface area contributed by atoms with Gasteiger partial charge in [-0.3, -0.25) is 0 Å². The average Bonchev–Trinajstić information content (AvgIpc) is 2.76. The lowest BCUT2D eigenvalue weighted by Gasteiger charge is -2.32. The molecule has 146 valence electrons. The summed E-state index contributed by atoms with van der Waals surface area (Å²) in [4.78, 5) is 17.3. The van der Waals surface area contributed by atoms with Gasteiger partial charge in [0.05, 0.1) is 20.8 Å². The average molecular weight is 401 g/mol. The highest BCUT2D eigenvalue weighted by molar-refractivity contribution is 7.99. The monoisotopic (exact) mass is 400 g/mol. The van der Waals surface area contributed by atoms with E-state index in [0.717, 1.165) is 48.8 Å². The number of anilines is 2. The second-order valence-electron chi connectivity index (χ2n) is 7.29. The highest BCUT2D eigenvalue weighted by Crippen LogP contribution is 2.48. The van der Waals surface area contributed by atoms with Crippen LogP contribution < -0.4 is 4.90 Å². The van der Waals surface area contributed by atoms with Crippen LogP contribution in [-0.2, 0) is 0 Å². The number of benzene rings is 2. The summed E-state index contributed by atoms with van der Waals surface area (Å²) in [5.74, 6) is 2.05. The quantitative estimate of drug-likeness (QED) is 0.427. The van der Waals surface area contributed by atoms with Crippen LogP contribution in [0.4, 0.5) is 11.6 Å². The van der Waals surface area contributed by atoms with Crippen molar-refractivity contribution in [1.82, 2.24) is 14.9 Å². The van der Waals surface area contributed by atoms with Crippen LogP contribution >= 0.6 is 11.8 Å². The first-order valence-corrected chi connectivity index (χ1v) is 11.1. The van der Waals surface area contributed by atoms with E-state index in [0.29, 0.717) is 0 Å². The number of likely N-dealkylation sites (N-methyl/N-ethyl adjacent to an activating group) is 1. The molecule has 4 nitrogen and oxygen atoms in total. The van der Waals surface area contributed by atoms with Crippen LogP contribution in [0.15, 0.2) is 70.5 Å². The van der Waals surface area contributed by atoms with E-state index in [1.807, 2.05) is 0 Å². The molecule has 0 amide bonds. The van der Waals surface area contributed by atoms with E-state index < -0.39 is 0 Å². The van der Waals surface area contributed by atoms with Crippen LogP contribution in [0.3, 0.4) is 0 Å². The molecule has 0 fully saturated rings. The summed E-state index contributed by atoms with van der Waals surface area (Å²) < 4.78 is 0. The number of pyridine rings is 2. The molecular formula is C24H24N4S. The molecule has 0 spiro atoms. The van der Waals surface area contributed by atoms with Crippen molar-refractivity contribution < 1.29 is 0 Å². The van der Waals surface area contributed by atoms with Crippen molar-refractivity contribution in [2.75, 3.05) is 31.1 Å². The number of para-hydroxylation sites is 2. The van der Waals surface area contributed by atoms with Gasteiger partial charge >= 0.3 is 0 Å². The van der Waals surface area contributed by atoms with Gasteiger partial charge in [-0.25, -0.2) is 9.97 Å². The summed E-state index contributed by atoms with van der Waals surface area (Å²) in [6.07, 6.45) is 0. The highest BCUT2D eigenvalue weighted by atomic mass is 32.2. The number of rotatable bonds is 5. The van der Waals surface area contributed by atoms with Crippen molar-refractivity contribution >= 4 is 45.2 Å². The standard InChI is InChI=1S/C24H24N4S/c1-3-27(4-2)13-14-28-23-21(15-17-9-5-7-11-19(17)25-23)29-22-16-18-10-6-8-12-20(18)26-24(22)28/h5-12,15-16H,3-4,13-14H2,1-2H3. The summed E-state index contributed by atoms with van der Waals surface area (Å²) >= 11 is 1.78. The summed E-state index contributed by atoms with van der Waals surface area (Å²) in [5, 5.41) is 2.36. The van der Waals surface area contributed by atoms with Crippen LogP contribution in [0, 0.1) is 0 Å². The third kappa shape index (κ3) is 3.34. The van der Waals surface area contributed by atoms with Crippen LogP contribution in [-0.4, -0.2) is 41.0 Å². The lowest BCUT2D eigenvalue weighted by atomic mass is 10.2. The van der Waals surface area contributed by atoms with Gasteiger partial charge < -0.3 is 9.80 Å². The second-order valence-corrected chi connectivity index (χ2v) is 8.37. The fourth-order valence-electron chi connectivity index (χ4n) is 3.92. The Morgan fingerprint density at radius 1 is 0.793 bits per heavy atom. The molecule has 2 aromatic carbocycles. The SMILES string of the molecule is CCN(CC)CCN1c2nc3ccccc3cc2Sc2cc3ccccc3nc21. The largest absolute Gasteiger partial charge is 0.308 e. The molecule has 5 heteroatoms. The van der Waals surface area contributed by atoms with E-state index in [-0.39, 0.29) is 0 Å². The van der Waals surface area contributed by atoms with Crippen LogP contribution in [0.5, 0.6) is 0 Å². The minimum Gasteiger partial charge on any atom is -0.308 e. The van der Waals surface area contributed by atoms with E-state index in [1.165, 1.54) is 20.6 Å².